The van der Waals surface area contributed by atoms with E-state index >= 15 is 0 Å². The number of likely N-dealkylation sites (tertiary alicyclic amines) is 1. The second-order valence-electron chi connectivity index (χ2n) is 12.3. The molecule has 0 saturated carbocycles. The average molecular weight is 582 g/mol. The molecule has 1 aliphatic rings. The predicted molar refractivity (Wildman–Crippen MR) is 167 cm³/mol. The Hall–Kier alpha value is -4.58. The zero-order valence-electron chi connectivity index (χ0n) is 25.5. The Morgan fingerprint density at radius 2 is 1.79 bits per heavy atom. The van der Waals surface area contributed by atoms with Gasteiger partial charge in [-0.2, -0.15) is 5.26 Å². The van der Waals surface area contributed by atoms with Gasteiger partial charge in [-0.05, 0) is 70.7 Å². The Kier molecular flexibility index (Phi) is 8.58. The van der Waals surface area contributed by atoms with E-state index < -0.39 is 5.60 Å². The molecular weight excluding hydrogens is 542 g/mol. The van der Waals surface area contributed by atoms with E-state index in [0.29, 0.717) is 31.8 Å². The number of anilines is 1. The van der Waals surface area contributed by atoms with E-state index in [4.69, 9.17) is 14.5 Å². The molecule has 1 saturated heterocycles. The molecule has 9 heteroatoms. The molecule has 4 aromatic rings. The van der Waals surface area contributed by atoms with Gasteiger partial charge in [-0.1, -0.05) is 37.3 Å². The number of imidazole rings is 1. The molecule has 9 nitrogen and oxygen atoms in total. The van der Waals surface area contributed by atoms with E-state index in [1.807, 2.05) is 89.2 Å². The normalized spacial score (nSPS) is 14.8. The number of piperidine rings is 1. The highest BCUT2D eigenvalue weighted by Gasteiger charge is 2.28. The zero-order valence-corrected chi connectivity index (χ0v) is 25.5. The first-order valence-electron chi connectivity index (χ1n) is 14.8. The summed E-state index contributed by atoms with van der Waals surface area (Å²) in [4.78, 5) is 31.7. The summed E-state index contributed by atoms with van der Waals surface area (Å²) in [6.45, 7) is 11.4. The quantitative estimate of drug-likeness (QED) is 0.245. The number of para-hydroxylation sites is 1. The number of nitriles is 1. The maximum absolute atomic E-state index is 12.8. The second kappa shape index (κ2) is 12.3. The van der Waals surface area contributed by atoms with Crippen LogP contribution in [0.4, 0.5) is 10.5 Å². The monoisotopic (exact) mass is 581 g/mol. The molecule has 1 unspecified atom stereocenters. The van der Waals surface area contributed by atoms with Crippen LogP contribution < -0.4 is 5.32 Å². The van der Waals surface area contributed by atoms with Crippen LogP contribution in [-0.4, -0.2) is 58.4 Å². The van der Waals surface area contributed by atoms with Crippen molar-refractivity contribution in [3.63, 3.8) is 0 Å². The summed E-state index contributed by atoms with van der Waals surface area (Å²) >= 11 is 0. The summed E-state index contributed by atoms with van der Waals surface area (Å²) in [6.07, 6.45) is 1.26. The molecule has 1 aliphatic heterocycles. The molecule has 1 fully saturated rings. The van der Waals surface area contributed by atoms with Gasteiger partial charge in [0, 0.05) is 30.4 Å². The number of hydrogen-bond donors (Lipinski definition) is 1. The van der Waals surface area contributed by atoms with Crippen LogP contribution >= 0.6 is 0 Å². The second-order valence-corrected chi connectivity index (χ2v) is 12.3. The van der Waals surface area contributed by atoms with Crippen molar-refractivity contribution in [2.75, 3.05) is 31.6 Å². The summed E-state index contributed by atoms with van der Waals surface area (Å²) in [5, 5.41) is 14.9. The Bertz CT molecular complexity index is 1690. The number of carbonyl (C=O) groups excluding carboxylic acids is 2. The molecule has 0 spiro atoms. The lowest BCUT2D eigenvalue weighted by atomic mass is 9.98. The maximum atomic E-state index is 12.8. The third-order valence-electron chi connectivity index (χ3n) is 7.84. The first-order chi connectivity index (χ1) is 20.6. The number of nitrogens with zero attached hydrogens (tertiary/aromatic N) is 4. The average Bonchev–Trinajstić information content (AvgIpc) is 3.33. The number of aryl methyl sites for hydroxylation is 1. The van der Waals surface area contributed by atoms with Gasteiger partial charge in [0.1, 0.15) is 16.9 Å². The molecule has 1 N–H and O–H groups in total. The largest absolute Gasteiger partial charge is 0.465 e. The molecule has 224 valence electrons. The van der Waals surface area contributed by atoms with Crippen LogP contribution in [0.1, 0.15) is 51.9 Å². The van der Waals surface area contributed by atoms with E-state index in [1.54, 1.807) is 4.90 Å². The molecule has 1 aromatic heterocycles. The lowest BCUT2D eigenvalue weighted by molar-refractivity contribution is -0.149. The van der Waals surface area contributed by atoms with Crippen LogP contribution in [0.25, 0.3) is 27.5 Å². The molecule has 1 atom stereocenters. The molecule has 0 bridgehead atoms. The van der Waals surface area contributed by atoms with Crippen LogP contribution in [0.5, 0.6) is 0 Å². The number of hydrogen-bond acceptors (Lipinski definition) is 7. The van der Waals surface area contributed by atoms with Crippen molar-refractivity contribution in [2.24, 2.45) is 11.8 Å². The van der Waals surface area contributed by atoms with Gasteiger partial charge in [0.2, 0.25) is 0 Å². The van der Waals surface area contributed by atoms with Crippen LogP contribution in [0.3, 0.4) is 0 Å². The minimum atomic E-state index is -0.516. The number of ether oxygens (including phenoxy) is 2. The summed E-state index contributed by atoms with van der Waals surface area (Å²) in [7, 11) is 0. The summed E-state index contributed by atoms with van der Waals surface area (Å²) in [5.74, 6) is 0.439. The van der Waals surface area contributed by atoms with Crippen molar-refractivity contribution in [3.05, 3.63) is 66.0 Å². The van der Waals surface area contributed by atoms with Crippen molar-refractivity contribution in [3.8, 4) is 11.8 Å². The SMILES string of the molecule is Cc1nc2c(NCC(C)C(=O)OCC3CCN(C(=O)OC(C)(C)C)CC3)cccc2n1-c1ccc(C#N)c2ccccc12. The van der Waals surface area contributed by atoms with Crippen molar-refractivity contribution in [2.45, 2.75) is 53.1 Å². The standard InChI is InChI=1S/C34H39N5O4/c1-22(32(40)42-21-24-15-17-38(18-16-24)33(41)43-34(3,4)5)20-36-28-11-8-12-30-31(28)37-23(2)39(30)29-14-13-25(19-35)26-9-6-7-10-27(26)29/h6-14,22,24,36H,15-18,20-21H2,1-5H3. The van der Waals surface area contributed by atoms with Gasteiger partial charge < -0.3 is 19.7 Å². The van der Waals surface area contributed by atoms with Crippen molar-refractivity contribution < 1.29 is 19.1 Å². The number of aromatic nitrogens is 2. The molecule has 5 rings (SSSR count). The smallest absolute Gasteiger partial charge is 0.410 e. The summed E-state index contributed by atoms with van der Waals surface area (Å²) in [5.41, 5.74) is 3.66. The highest BCUT2D eigenvalue weighted by molar-refractivity contribution is 5.97. The van der Waals surface area contributed by atoms with Crippen molar-refractivity contribution in [1.29, 1.82) is 5.26 Å². The fraction of sp³-hybridized carbons (Fsp3) is 0.412. The fourth-order valence-electron chi connectivity index (χ4n) is 5.54. The number of carbonyl (C=O) groups is 2. The number of amides is 1. The number of esters is 1. The van der Waals surface area contributed by atoms with Gasteiger partial charge in [0.25, 0.3) is 0 Å². The number of nitrogens with one attached hydrogen (secondary N) is 1. The minimum Gasteiger partial charge on any atom is -0.465 e. The zero-order chi connectivity index (χ0) is 30.7. The highest BCUT2D eigenvalue weighted by Crippen LogP contribution is 2.32. The molecule has 0 radical (unpaired) electrons. The molecular formula is C34H39N5O4. The van der Waals surface area contributed by atoms with E-state index in [9.17, 15) is 14.9 Å². The van der Waals surface area contributed by atoms with Gasteiger partial charge in [-0.3, -0.25) is 9.36 Å². The van der Waals surface area contributed by atoms with Gasteiger partial charge in [-0.25, -0.2) is 9.78 Å². The van der Waals surface area contributed by atoms with Crippen LogP contribution in [0, 0.1) is 30.1 Å². The van der Waals surface area contributed by atoms with Crippen molar-refractivity contribution in [1.82, 2.24) is 14.5 Å². The van der Waals surface area contributed by atoms with E-state index in [2.05, 4.69) is 16.0 Å². The topological polar surface area (TPSA) is 109 Å². The molecule has 2 heterocycles. The van der Waals surface area contributed by atoms with E-state index in [0.717, 1.165) is 51.8 Å². The fourth-order valence-corrected chi connectivity index (χ4v) is 5.54. The van der Waals surface area contributed by atoms with Gasteiger partial charge in [0.05, 0.1) is 41.0 Å². The highest BCUT2D eigenvalue weighted by atomic mass is 16.6. The Morgan fingerprint density at radius 1 is 1.07 bits per heavy atom. The predicted octanol–water partition coefficient (Wildman–Crippen LogP) is 6.60. The minimum absolute atomic E-state index is 0.224. The molecule has 3 aromatic carbocycles. The lowest BCUT2D eigenvalue weighted by Gasteiger charge is -2.33. The maximum Gasteiger partial charge on any atom is 0.410 e. The van der Waals surface area contributed by atoms with Gasteiger partial charge in [0.15, 0.2) is 0 Å². The van der Waals surface area contributed by atoms with Gasteiger partial charge >= 0.3 is 12.1 Å². The third-order valence-corrected chi connectivity index (χ3v) is 7.84. The summed E-state index contributed by atoms with van der Waals surface area (Å²) in [6, 6.07) is 20.0. The molecule has 0 aliphatic carbocycles. The Morgan fingerprint density at radius 3 is 2.49 bits per heavy atom. The van der Waals surface area contributed by atoms with Crippen LogP contribution in [-0.2, 0) is 14.3 Å². The third kappa shape index (κ3) is 6.59. The van der Waals surface area contributed by atoms with E-state index in [1.165, 1.54) is 0 Å². The van der Waals surface area contributed by atoms with Crippen LogP contribution in [0.15, 0.2) is 54.6 Å². The van der Waals surface area contributed by atoms with Gasteiger partial charge in [-0.15, -0.1) is 0 Å². The first kappa shape index (κ1) is 29.9. The van der Waals surface area contributed by atoms with Crippen molar-refractivity contribution >= 4 is 39.6 Å². The lowest BCUT2D eigenvalue weighted by Crippen LogP contribution is -2.42. The Balaban J connectivity index is 1.21. The molecule has 43 heavy (non-hydrogen) atoms. The summed E-state index contributed by atoms with van der Waals surface area (Å²) < 4.78 is 13.3. The number of rotatable bonds is 7. The number of fused-ring (bicyclic) bond motifs is 2. The number of benzene rings is 3. The van der Waals surface area contributed by atoms with E-state index in [-0.39, 0.29) is 23.9 Å². The Labute approximate surface area is 252 Å². The molecule has 1 amide bonds. The van der Waals surface area contributed by atoms with Crippen LogP contribution in [0.2, 0.25) is 0 Å². The first-order valence-corrected chi connectivity index (χ1v) is 14.8.